The maximum Gasteiger partial charge on any atom is 0.325 e. The summed E-state index contributed by atoms with van der Waals surface area (Å²) in [6, 6.07) is -5.81. The first-order chi connectivity index (χ1) is 21.4. The van der Waals surface area contributed by atoms with Crippen LogP contribution < -0.4 is 21.7 Å². The van der Waals surface area contributed by atoms with Crippen molar-refractivity contribution in [3.8, 4) is 0 Å². The highest BCUT2D eigenvalue weighted by atomic mass is 32.2. The number of carbonyl (C=O) groups is 7. The molecule has 45 heavy (non-hydrogen) atoms. The number of carbonyl (C=O) groups excluding carboxylic acids is 6. The summed E-state index contributed by atoms with van der Waals surface area (Å²) >= 11 is 1.52. The topological polar surface area (TPSA) is 232 Å². The van der Waals surface area contributed by atoms with Crippen molar-refractivity contribution < 1.29 is 43.8 Å². The van der Waals surface area contributed by atoms with E-state index in [4.69, 9.17) is 10.8 Å². The number of nitrogens with two attached hydrogens (primary N) is 1. The Kier molecular flexibility index (Phi) is 13.4. The third kappa shape index (κ3) is 9.07. The van der Waals surface area contributed by atoms with Crippen LogP contribution in [0.1, 0.15) is 51.9 Å². The molecule has 0 aliphatic carbocycles. The lowest BCUT2D eigenvalue weighted by atomic mass is 10.1. The highest BCUT2D eigenvalue weighted by Crippen LogP contribution is 2.26. The number of aliphatic hydroxyl groups excluding tert-OH is 1. The molecule has 3 saturated heterocycles. The predicted molar refractivity (Wildman–Crippen MR) is 162 cm³/mol. The van der Waals surface area contributed by atoms with Crippen LogP contribution in [-0.4, -0.2) is 147 Å². The summed E-state index contributed by atoms with van der Waals surface area (Å²) in [6.07, 6.45) is 4.96. The van der Waals surface area contributed by atoms with Gasteiger partial charge in [-0.3, -0.25) is 33.6 Å². The van der Waals surface area contributed by atoms with Gasteiger partial charge in [0.05, 0.1) is 19.2 Å². The Balaban J connectivity index is 1.58. The number of carboxylic acid groups (broad SMARTS) is 1. The number of aliphatic carboxylic acids is 1. The average Bonchev–Trinajstić information content (AvgIpc) is 3.81. The van der Waals surface area contributed by atoms with E-state index in [2.05, 4.69) is 16.0 Å². The van der Waals surface area contributed by atoms with Crippen LogP contribution in [0.15, 0.2) is 0 Å². The van der Waals surface area contributed by atoms with Gasteiger partial charge in [-0.15, -0.1) is 0 Å². The molecule has 3 aliphatic heterocycles. The normalized spacial score (nSPS) is 23.3. The first-order valence-electron chi connectivity index (χ1n) is 15.3. The van der Waals surface area contributed by atoms with Crippen molar-refractivity contribution in [2.24, 2.45) is 5.73 Å². The molecular formula is C28H45N7O9S. The lowest BCUT2D eigenvalue weighted by Crippen LogP contribution is -2.58. The summed E-state index contributed by atoms with van der Waals surface area (Å²) < 4.78 is 0. The lowest BCUT2D eigenvalue weighted by molar-refractivity contribution is -0.148. The minimum Gasteiger partial charge on any atom is -0.480 e. The van der Waals surface area contributed by atoms with Crippen molar-refractivity contribution in [2.75, 3.05) is 44.8 Å². The molecule has 3 heterocycles. The van der Waals surface area contributed by atoms with E-state index in [1.165, 1.54) is 33.4 Å². The summed E-state index contributed by atoms with van der Waals surface area (Å²) in [4.78, 5) is 93.2. The van der Waals surface area contributed by atoms with Gasteiger partial charge in [0.2, 0.25) is 35.4 Å². The van der Waals surface area contributed by atoms with Gasteiger partial charge in [0.15, 0.2) is 0 Å². The van der Waals surface area contributed by atoms with Crippen LogP contribution in [0.25, 0.3) is 0 Å². The molecule has 0 unspecified atom stereocenters. The molecule has 252 valence electrons. The molecule has 3 fully saturated rings. The van der Waals surface area contributed by atoms with Crippen LogP contribution >= 0.6 is 11.8 Å². The Morgan fingerprint density at radius 1 is 0.867 bits per heavy atom. The molecule has 0 aromatic heterocycles. The number of amides is 6. The van der Waals surface area contributed by atoms with Gasteiger partial charge < -0.3 is 46.6 Å². The largest absolute Gasteiger partial charge is 0.480 e. The first-order valence-corrected chi connectivity index (χ1v) is 16.7. The number of likely N-dealkylation sites (tertiary alicyclic amines) is 3. The fourth-order valence-electron chi connectivity index (χ4n) is 5.91. The number of nitrogens with one attached hydrogen (secondary N) is 3. The first kappa shape index (κ1) is 36.0. The molecule has 17 heteroatoms. The molecule has 6 amide bonds. The Morgan fingerprint density at radius 3 is 2.04 bits per heavy atom. The summed E-state index contributed by atoms with van der Waals surface area (Å²) in [5.41, 5.74) is 5.90. The Morgan fingerprint density at radius 2 is 1.44 bits per heavy atom. The smallest absolute Gasteiger partial charge is 0.325 e. The molecule has 0 saturated carbocycles. The van der Waals surface area contributed by atoms with E-state index in [9.17, 15) is 38.7 Å². The monoisotopic (exact) mass is 655 g/mol. The second kappa shape index (κ2) is 16.7. The van der Waals surface area contributed by atoms with E-state index in [0.717, 1.165) is 0 Å². The number of carboxylic acids is 1. The molecule has 0 aromatic rings. The third-order valence-electron chi connectivity index (χ3n) is 8.45. The van der Waals surface area contributed by atoms with Gasteiger partial charge in [0.1, 0.15) is 30.2 Å². The number of aliphatic hydroxyl groups is 1. The minimum atomic E-state index is -1.27. The quantitative estimate of drug-likeness (QED) is 0.112. The summed E-state index contributed by atoms with van der Waals surface area (Å²) in [5, 5.41) is 26.4. The summed E-state index contributed by atoms with van der Waals surface area (Å²) in [7, 11) is 0. The molecular weight excluding hydrogens is 610 g/mol. The molecule has 0 aromatic carbocycles. The van der Waals surface area contributed by atoms with Crippen LogP contribution in [0.4, 0.5) is 0 Å². The van der Waals surface area contributed by atoms with Crippen molar-refractivity contribution in [1.29, 1.82) is 0 Å². The van der Waals surface area contributed by atoms with Gasteiger partial charge >= 0.3 is 5.97 Å². The van der Waals surface area contributed by atoms with Gasteiger partial charge in [0.25, 0.3) is 0 Å². The molecule has 3 aliphatic rings. The SMILES string of the molecule is CSCC[C@H](N)C(=O)N[C@@H](CO)C(=O)N1CCC[C@H]1C(=O)N1CCC[C@H]1C(=O)NCC(=O)N1CCC[C@H]1C(=O)N[C@@H](C)C(=O)O. The molecule has 0 spiro atoms. The van der Waals surface area contributed by atoms with Gasteiger partial charge in [-0.2, -0.15) is 11.8 Å². The van der Waals surface area contributed by atoms with E-state index >= 15 is 0 Å². The number of hydrogen-bond donors (Lipinski definition) is 6. The Hall–Kier alpha value is -3.44. The van der Waals surface area contributed by atoms with Crippen LogP contribution in [-0.2, 0) is 33.6 Å². The lowest BCUT2D eigenvalue weighted by Gasteiger charge is -2.32. The number of thioether (sulfide) groups is 1. The molecule has 0 radical (unpaired) electrons. The zero-order chi connectivity index (χ0) is 33.3. The van der Waals surface area contributed by atoms with Crippen molar-refractivity contribution in [3.63, 3.8) is 0 Å². The van der Waals surface area contributed by atoms with Crippen molar-refractivity contribution in [1.82, 2.24) is 30.7 Å². The molecule has 3 rings (SSSR count). The highest BCUT2D eigenvalue weighted by Gasteiger charge is 2.44. The molecule has 7 N–H and O–H groups in total. The standard InChI is InChI=1S/C28H45N7O9S/c1-16(28(43)44)31-25(40)20-7-3-10-33(20)22(37)14-30-24(39)19-6-4-11-34(19)27(42)21-8-5-12-35(21)26(41)18(15-36)32-23(38)17(29)9-13-45-2/h16-21,36H,3-15,29H2,1-2H3,(H,30,39)(H,31,40)(H,32,38)(H,43,44)/t16-,17-,18-,19-,20-,21-/m0/s1. The van der Waals surface area contributed by atoms with Crippen LogP contribution in [0.2, 0.25) is 0 Å². The van der Waals surface area contributed by atoms with Crippen LogP contribution in [0, 0.1) is 0 Å². The number of hydrogen-bond acceptors (Lipinski definition) is 10. The predicted octanol–water partition coefficient (Wildman–Crippen LogP) is -2.78. The van der Waals surface area contributed by atoms with Crippen molar-refractivity contribution in [2.45, 2.75) is 88.1 Å². The van der Waals surface area contributed by atoms with Gasteiger partial charge in [-0.1, -0.05) is 0 Å². The molecule has 6 atom stereocenters. The maximum atomic E-state index is 13.7. The van der Waals surface area contributed by atoms with E-state index in [1.54, 1.807) is 0 Å². The zero-order valence-corrected chi connectivity index (χ0v) is 26.6. The van der Waals surface area contributed by atoms with Gasteiger partial charge in [-0.25, -0.2) is 0 Å². The average molecular weight is 656 g/mol. The fourth-order valence-corrected chi connectivity index (χ4v) is 6.40. The van der Waals surface area contributed by atoms with Crippen molar-refractivity contribution >= 4 is 53.2 Å². The molecule has 16 nitrogen and oxygen atoms in total. The summed E-state index contributed by atoms with van der Waals surface area (Å²) in [5.74, 6) is -3.76. The van der Waals surface area contributed by atoms with E-state index < -0.39 is 90.8 Å². The number of rotatable bonds is 14. The Labute approximate surface area is 266 Å². The van der Waals surface area contributed by atoms with Gasteiger partial charge in [-0.05, 0) is 63.9 Å². The van der Waals surface area contributed by atoms with E-state index in [0.29, 0.717) is 50.7 Å². The van der Waals surface area contributed by atoms with E-state index in [1.807, 2.05) is 6.26 Å². The summed E-state index contributed by atoms with van der Waals surface area (Å²) in [6.45, 7) is 1.06. The molecule has 0 bridgehead atoms. The highest BCUT2D eigenvalue weighted by molar-refractivity contribution is 7.98. The second-order valence-electron chi connectivity index (χ2n) is 11.5. The second-order valence-corrected chi connectivity index (χ2v) is 12.5. The minimum absolute atomic E-state index is 0.245. The van der Waals surface area contributed by atoms with Gasteiger partial charge in [0, 0.05) is 19.6 Å². The maximum absolute atomic E-state index is 13.7. The Bertz CT molecular complexity index is 1140. The van der Waals surface area contributed by atoms with E-state index in [-0.39, 0.29) is 19.6 Å². The third-order valence-corrected chi connectivity index (χ3v) is 9.09. The number of nitrogens with zero attached hydrogens (tertiary/aromatic N) is 3. The van der Waals surface area contributed by atoms with Crippen LogP contribution in [0.5, 0.6) is 0 Å². The zero-order valence-electron chi connectivity index (χ0n) is 25.7. The van der Waals surface area contributed by atoms with Crippen molar-refractivity contribution in [3.05, 3.63) is 0 Å². The van der Waals surface area contributed by atoms with Crippen LogP contribution in [0.3, 0.4) is 0 Å². The fraction of sp³-hybridized carbons (Fsp3) is 0.750.